The highest BCUT2D eigenvalue weighted by Gasteiger charge is 2.17. The predicted molar refractivity (Wildman–Crippen MR) is 111 cm³/mol. The Morgan fingerprint density at radius 2 is 1.96 bits per heavy atom. The SMILES string of the molecule is Cc1ccc(Cn2cc(Br)c(NC(=O)c3cc(C)nc4c3cnn4C)n2)cc1. The number of nitrogens with one attached hydrogen (secondary N) is 1. The average molecular weight is 439 g/mol. The summed E-state index contributed by atoms with van der Waals surface area (Å²) in [7, 11) is 1.81. The molecule has 4 aromatic rings. The number of rotatable bonds is 4. The smallest absolute Gasteiger partial charge is 0.257 e. The zero-order chi connectivity index (χ0) is 19.8. The van der Waals surface area contributed by atoms with Crippen LogP contribution in [-0.4, -0.2) is 30.5 Å². The second-order valence-corrected chi connectivity index (χ2v) is 7.63. The molecular formula is C20H19BrN6O. The molecule has 1 N–H and O–H groups in total. The van der Waals surface area contributed by atoms with Crippen LogP contribution in [-0.2, 0) is 13.6 Å². The van der Waals surface area contributed by atoms with Crippen molar-refractivity contribution < 1.29 is 4.79 Å². The maximum absolute atomic E-state index is 12.9. The molecule has 4 rings (SSSR count). The van der Waals surface area contributed by atoms with E-state index in [-0.39, 0.29) is 5.91 Å². The summed E-state index contributed by atoms with van der Waals surface area (Å²) in [6, 6.07) is 10.0. The Hall–Kier alpha value is -3.00. The molecular weight excluding hydrogens is 420 g/mol. The van der Waals surface area contributed by atoms with Gasteiger partial charge in [-0.05, 0) is 41.4 Å². The number of benzene rings is 1. The van der Waals surface area contributed by atoms with Gasteiger partial charge in [-0.2, -0.15) is 10.2 Å². The molecule has 0 spiro atoms. The number of anilines is 1. The number of carbonyl (C=O) groups is 1. The van der Waals surface area contributed by atoms with Gasteiger partial charge in [-0.1, -0.05) is 29.8 Å². The fourth-order valence-electron chi connectivity index (χ4n) is 3.05. The van der Waals surface area contributed by atoms with Gasteiger partial charge < -0.3 is 5.32 Å². The third-order valence-electron chi connectivity index (χ3n) is 4.49. The fourth-order valence-corrected chi connectivity index (χ4v) is 3.46. The van der Waals surface area contributed by atoms with Gasteiger partial charge >= 0.3 is 0 Å². The molecule has 0 saturated heterocycles. The van der Waals surface area contributed by atoms with E-state index in [2.05, 4.69) is 67.6 Å². The summed E-state index contributed by atoms with van der Waals surface area (Å²) in [6.07, 6.45) is 3.51. The molecule has 0 aliphatic rings. The Morgan fingerprint density at radius 1 is 1.21 bits per heavy atom. The van der Waals surface area contributed by atoms with Gasteiger partial charge in [-0.15, -0.1) is 0 Å². The first-order valence-corrected chi connectivity index (χ1v) is 9.59. The molecule has 0 aliphatic carbocycles. The van der Waals surface area contributed by atoms with Crippen molar-refractivity contribution in [2.75, 3.05) is 5.32 Å². The minimum Gasteiger partial charge on any atom is -0.304 e. The van der Waals surface area contributed by atoms with Crippen molar-refractivity contribution in [2.24, 2.45) is 7.05 Å². The summed E-state index contributed by atoms with van der Waals surface area (Å²) in [5.41, 5.74) is 4.31. The number of aryl methyl sites for hydroxylation is 3. The summed E-state index contributed by atoms with van der Waals surface area (Å²) >= 11 is 3.48. The molecule has 0 unspecified atom stereocenters. The summed E-state index contributed by atoms with van der Waals surface area (Å²) in [4.78, 5) is 17.4. The summed E-state index contributed by atoms with van der Waals surface area (Å²) in [6.45, 7) is 4.54. The largest absolute Gasteiger partial charge is 0.304 e. The van der Waals surface area contributed by atoms with Crippen LogP contribution in [0.1, 0.15) is 27.2 Å². The van der Waals surface area contributed by atoms with Crippen LogP contribution in [0.3, 0.4) is 0 Å². The number of hydrogen-bond acceptors (Lipinski definition) is 4. The van der Waals surface area contributed by atoms with Gasteiger partial charge in [0, 0.05) is 18.9 Å². The van der Waals surface area contributed by atoms with Crippen LogP contribution in [0.4, 0.5) is 5.82 Å². The van der Waals surface area contributed by atoms with Gasteiger partial charge in [-0.3, -0.25) is 14.2 Å². The number of nitrogens with zero attached hydrogens (tertiary/aromatic N) is 5. The van der Waals surface area contributed by atoms with Crippen molar-refractivity contribution in [1.82, 2.24) is 24.5 Å². The number of aromatic nitrogens is 5. The van der Waals surface area contributed by atoms with Crippen LogP contribution in [0.5, 0.6) is 0 Å². The number of amides is 1. The van der Waals surface area contributed by atoms with E-state index in [4.69, 9.17) is 0 Å². The zero-order valence-electron chi connectivity index (χ0n) is 15.8. The Bertz CT molecular complexity index is 1180. The standard InChI is InChI=1S/C20H19BrN6O/c1-12-4-6-14(7-5-12)10-27-11-17(21)18(25-27)24-20(28)15-8-13(2)23-19-16(15)9-22-26(19)3/h4-9,11H,10H2,1-3H3,(H,24,25,28). The molecule has 0 radical (unpaired) electrons. The first-order chi connectivity index (χ1) is 13.4. The molecule has 142 valence electrons. The lowest BCUT2D eigenvalue weighted by Crippen LogP contribution is -2.14. The van der Waals surface area contributed by atoms with Crippen LogP contribution in [0.2, 0.25) is 0 Å². The second-order valence-electron chi connectivity index (χ2n) is 6.78. The number of halogens is 1. The molecule has 1 aromatic carbocycles. The van der Waals surface area contributed by atoms with Crippen molar-refractivity contribution in [3.8, 4) is 0 Å². The van der Waals surface area contributed by atoms with Crippen molar-refractivity contribution in [1.29, 1.82) is 0 Å². The van der Waals surface area contributed by atoms with E-state index in [1.165, 1.54) is 5.56 Å². The van der Waals surface area contributed by atoms with Gasteiger partial charge in [0.1, 0.15) is 0 Å². The third-order valence-corrected chi connectivity index (χ3v) is 5.07. The number of hydrogen-bond donors (Lipinski definition) is 1. The first-order valence-electron chi connectivity index (χ1n) is 8.80. The first kappa shape index (κ1) is 18.4. The van der Waals surface area contributed by atoms with E-state index in [0.717, 1.165) is 15.7 Å². The predicted octanol–water partition coefficient (Wildman–Crippen LogP) is 3.84. The van der Waals surface area contributed by atoms with Gasteiger partial charge in [-0.25, -0.2) is 4.98 Å². The molecule has 0 fully saturated rings. The Balaban J connectivity index is 1.59. The minimum atomic E-state index is -0.246. The summed E-state index contributed by atoms with van der Waals surface area (Å²) in [5.74, 6) is 0.230. The van der Waals surface area contributed by atoms with Gasteiger partial charge in [0.2, 0.25) is 0 Å². The topological polar surface area (TPSA) is 77.6 Å². The molecule has 3 heterocycles. The average Bonchev–Trinajstić information content (AvgIpc) is 3.19. The van der Waals surface area contributed by atoms with Crippen molar-refractivity contribution in [3.05, 3.63) is 69.6 Å². The van der Waals surface area contributed by atoms with E-state index in [9.17, 15) is 4.79 Å². The highest BCUT2D eigenvalue weighted by atomic mass is 79.9. The molecule has 28 heavy (non-hydrogen) atoms. The van der Waals surface area contributed by atoms with Crippen molar-refractivity contribution >= 4 is 38.7 Å². The summed E-state index contributed by atoms with van der Waals surface area (Å²) in [5, 5.41) is 12.3. The molecule has 7 nitrogen and oxygen atoms in total. The van der Waals surface area contributed by atoms with Gasteiger partial charge in [0.25, 0.3) is 5.91 Å². The Kier molecular flexibility index (Phi) is 4.72. The van der Waals surface area contributed by atoms with Crippen LogP contribution in [0, 0.1) is 13.8 Å². The van der Waals surface area contributed by atoms with E-state index < -0.39 is 0 Å². The quantitative estimate of drug-likeness (QED) is 0.524. The van der Waals surface area contributed by atoms with E-state index in [1.807, 2.05) is 13.1 Å². The van der Waals surface area contributed by atoms with Gasteiger partial charge in [0.05, 0.1) is 28.2 Å². The van der Waals surface area contributed by atoms with Crippen LogP contribution in [0.15, 0.2) is 47.2 Å². The molecule has 0 aliphatic heterocycles. The maximum Gasteiger partial charge on any atom is 0.257 e. The lowest BCUT2D eigenvalue weighted by molar-refractivity contribution is 0.102. The summed E-state index contributed by atoms with van der Waals surface area (Å²) < 4.78 is 4.17. The van der Waals surface area contributed by atoms with Crippen LogP contribution in [0.25, 0.3) is 11.0 Å². The monoisotopic (exact) mass is 438 g/mol. The zero-order valence-corrected chi connectivity index (χ0v) is 17.4. The third kappa shape index (κ3) is 3.55. The van der Waals surface area contributed by atoms with E-state index in [0.29, 0.717) is 29.0 Å². The lowest BCUT2D eigenvalue weighted by atomic mass is 10.1. The van der Waals surface area contributed by atoms with E-state index >= 15 is 0 Å². The maximum atomic E-state index is 12.9. The molecule has 3 aromatic heterocycles. The normalized spacial score (nSPS) is 11.1. The fraction of sp³-hybridized carbons (Fsp3) is 0.200. The van der Waals surface area contributed by atoms with Crippen LogP contribution >= 0.6 is 15.9 Å². The molecule has 0 atom stereocenters. The number of pyridine rings is 1. The Morgan fingerprint density at radius 3 is 2.71 bits per heavy atom. The highest BCUT2D eigenvalue weighted by molar-refractivity contribution is 9.10. The van der Waals surface area contributed by atoms with Crippen molar-refractivity contribution in [3.63, 3.8) is 0 Å². The second kappa shape index (κ2) is 7.20. The molecule has 1 amide bonds. The van der Waals surface area contributed by atoms with Crippen LogP contribution < -0.4 is 5.32 Å². The van der Waals surface area contributed by atoms with E-state index in [1.54, 1.807) is 28.7 Å². The minimum absolute atomic E-state index is 0.246. The van der Waals surface area contributed by atoms with Gasteiger partial charge in [0.15, 0.2) is 11.5 Å². The number of fused-ring (bicyclic) bond motifs is 1. The number of carbonyl (C=O) groups excluding carboxylic acids is 1. The molecule has 0 bridgehead atoms. The highest BCUT2D eigenvalue weighted by Crippen LogP contribution is 2.24. The molecule has 0 saturated carbocycles. The Labute approximate surface area is 170 Å². The lowest BCUT2D eigenvalue weighted by Gasteiger charge is -2.06. The molecule has 8 heteroatoms. The van der Waals surface area contributed by atoms with Crippen molar-refractivity contribution in [2.45, 2.75) is 20.4 Å².